The first-order chi connectivity index (χ1) is 9.76. The summed E-state index contributed by atoms with van der Waals surface area (Å²) in [5.41, 5.74) is 2.16. The van der Waals surface area contributed by atoms with Gasteiger partial charge in [0, 0.05) is 20.1 Å². The van der Waals surface area contributed by atoms with Crippen molar-refractivity contribution >= 4 is 17.0 Å². The number of hydrogen-bond donors (Lipinski definition) is 2. The van der Waals surface area contributed by atoms with Crippen molar-refractivity contribution in [3.8, 4) is 0 Å². The van der Waals surface area contributed by atoms with Crippen molar-refractivity contribution < 1.29 is 0 Å². The van der Waals surface area contributed by atoms with E-state index >= 15 is 0 Å². The lowest BCUT2D eigenvalue weighted by Crippen LogP contribution is -2.37. The minimum atomic E-state index is 0.574. The van der Waals surface area contributed by atoms with Gasteiger partial charge in [0.05, 0.1) is 11.0 Å². The quantitative estimate of drug-likeness (QED) is 0.647. The largest absolute Gasteiger partial charge is 0.357 e. The Hall–Kier alpha value is -2.04. The third kappa shape index (κ3) is 3.29. The molecule has 0 saturated carbocycles. The fourth-order valence-electron chi connectivity index (χ4n) is 2.07. The number of nitrogens with zero attached hydrogens (tertiary/aromatic N) is 3. The number of aliphatic imine (C=N–C) groups is 1. The van der Waals surface area contributed by atoms with Crippen LogP contribution < -0.4 is 10.6 Å². The van der Waals surface area contributed by atoms with E-state index in [2.05, 4.69) is 45.1 Å². The molecule has 0 fully saturated rings. The Kier molecular flexibility index (Phi) is 4.98. The fraction of sp³-hybridized carbons (Fsp3) is 0.467. The van der Waals surface area contributed by atoms with Gasteiger partial charge in [0.2, 0.25) is 0 Å². The Morgan fingerprint density at radius 2 is 2.05 bits per heavy atom. The zero-order valence-corrected chi connectivity index (χ0v) is 12.5. The van der Waals surface area contributed by atoms with Crippen molar-refractivity contribution in [2.45, 2.75) is 26.8 Å². The first kappa shape index (κ1) is 14.4. The lowest BCUT2D eigenvalue weighted by Gasteiger charge is -2.10. The maximum absolute atomic E-state index is 4.62. The monoisotopic (exact) mass is 273 g/mol. The van der Waals surface area contributed by atoms with Crippen LogP contribution >= 0.6 is 0 Å². The van der Waals surface area contributed by atoms with Crippen LogP contribution in [0.3, 0.4) is 0 Å². The number of rotatable bonds is 5. The van der Waals surface area contributed by atoms with Crippen LogP contribution in [0.4, 0.5) is 0 Å². The fourth-order valence-corrected chi connectivity index (χ4v) is 2.07. The molecule has 0 amide bonds. The van der Waals surface area contributed by atoms with E-state index in [0.717, 1.165) is 42.3 Å². The normalized spacial score (nSPS) is 11.8. The average molecular weight is 273 g/mol. The molecule has 2 N–H and O–H groups in total. The van der Waals surface area contributed by atoms with Crippen LogP contribution in [0.1, 0.15) is 26.1 Å². The number of guanidine groups is 1. The van der Waals surface area contributed by atoms with Crippen molar-refractivity contribution in [1.82, 2.24) is 20.2 Å². The summed E-state index contributed by atoms with van der Waals surface area (Å²) < 4.78 is 2.10. The van der Waals surface area contributed by atoms with Crippen LogP contribution in [-0.2, 0) is 13.6 Å². The van der Waals surface area contributed by atoms with Gasteiger partial charge in [-0.25, -0.2) is 9.98 Å². The van der Waals surface area contributed by atoms with Crippen LogP contribution in [0.25, 0.3) is 11.0 Å². The Morgan fingerprint density at radius 1 is 1.25 bits per heavy atom. The van der Waals surface area contributed by atoms with E-state index in [4.69, 9.17) is 0 Å². The van der Waals surface area contributed by atoms with Gasteiger partial charge in [-0.2, -0.15) is 0 Å². The van der Waals surface area contributed by atoms with E-state index in [1.165, 1.54) is 0 Å². The van der Waals surface area contributed by atoms with Gasteiger partial charge in [-0.3, -0.25) is 0 Å². The third-order valence-electron chi connectivity index (χ3n) is 3.15. The molecule has 2 aromatic rings. The first-order valence-corrected chi connectivity index (χ1v) is 7.18. The lowest BCUT2D eigenvalue weighted by atomic mass is 10.3. The smallest absolute Gasteiger partial charge is 0.191 e. The average Bonchev–Trinajstić information content (AvgIpc) is 2.79. The number of nitrogens with one attached hydrogen (secondary N) is 2. The van der Waals surface area contributed by atoms with E-state index in [1.54, 1.807) is 0 Å². The van der Waals surface area contributed by atoms with Gasteiger partial charge in [0.15, 0.2) is 5.96 Å². The first-order valence-electron chi connectivity index (χ1n) is 7.18. The molecule has 2 rings (SSSR count). The summed E-state index contributed by atoms with van der Waals surface area (Å²) in [7, 11) is 2.03. The molecule has 0 radical (unpaired) electrons. The van der Waals surface area contributed by atoms with Crippen LogP contribution in [0.5, 0.6) is 0 Å². The second-order valence-electron chi connectivity index (χ2n) is 4.70. The van der Waals surface area contributed by atoms with Crippen molar-refractivity contribution in [2.24, 2.45) is 12.0 Å². The van der Waals surface area contributed by atoms with E-state index in [0.29, 0.717) is 6.54 Å². The van der Waals surface area contributed by atoms with Gasteiger partial charge >= 0.3 is 0 Å². The zero-order chi connectivity index (χ0) is 14.4. The molecule has 1 aromatic carbocycles. The number of fused-ring (bicyclic) bond motifs is 1. The molecule has 5 nitrogen and oxygen atoms in total. The number of aryl methyl sites for hydroxylation is 1. The molecule has 0 aliphatic rings. The highest BCUT2D eigenvalue weighted by Gasteiger charge is 2.06. The molecular formula is C15H23N5. The molecule has 0 aliphatic heterocycles. The Labute approximate surface area is 120 Å². The highest BCUT2D eigenvalue weighted by Crippen LogP contribution is 2.14. The molecule has 5 heteroatoms. The highest BCUT2D eigenvalue weighted by molar-refractivity contribution is 5.80. The second-order valence-corrected chi connectivity index (χ2v) is 4.70. The van der Waals surface area contributed by atoms with Crippen molar-refractivity contribution in [2.75, 3.05) is 13.1 Å². The van der Waals surface area contributed by atoms with Gasteiger partial charge < -0.3 is 15.2 Å². The van der Waals surface area contributed by atoms with Gasteiger partial charge in [0.1, 0.15) is 12.4 Å². The zero-order valence-electron chi connectivity index (χ0n) is 12.5. The van der Waals surface area contributed by atoms with E-state index in [1.807, 2.05) is 25.2 Å². The SMILES string of the molecule is CCCNC(=NCc1nc2ccccc2n1C)NCC. The summed E-state index contributed by atoms with van der Waals surface area (Å²) in [6.45, 7) is 6.57. The molecular weight excluding hydrogens is 250 g/mol. The molecule has 0 atom stereocenters. The minimum absolute atomic E-state index is 0.574. The van der Waals surface area contributed by atoms with Crippen molar-refractivity contribution in [3.63, 3.8) is 0 Å². The Morgan fingerprint density at radius 3 is 2.75 bits per heavy atom. The van der Waals surface area contributed by atoms with Crippen molar-refractivity contribution in [3.05, 3.63) is 30.1 Å². The van der Waals surface area contributed by atoms with E-state index < -0.39 is 0 Å². The maximum Gasteiger partial charge on any atom is 0.191 e. The topological polar surface area (TPSA) is 54.2 Å². The van der Waals surface area contributed by atoms with E-state index in [9.17, 15) is 0 Å². The molecule has 1 aromatic heterocycles. The lowest BCUT2D eigenvalue weighted by molar-refractivity contribution is 0.765. The molecule has 0 saturated heterocycles. The highest BCUT2D eigenvalue weighted by atomic mass is 15.2. The van der Waals surface area contributed by atoms with E-state index in [-0.39, 0.29) is 0 Å². The van der Waals surface area contributed by atoms with Gasteiger partial charge in [-0.15, -0.1) is 0 Å². The van der Waals surface area contributed by atoms with Gasteiger partial charge in [-0.1, -0.05) is 19.1 Å². The molecule has 0 aliphatic carbocycles. The Bertz CT molecular complexity index is 585. The second kappa shape index (κ2) is 6.93. The predicted octanol–water partition coefficient (Wildman–Crippen LogP) is 2.04. The van der Waals surface area contributed by atoms with Crippen LogP contribution in [0, 0.1) is 0 Å². The number of aromatic nitrogens is 2. The molecule has 20 heavy (non-hydrogen) atoms. The maximum atomic E-state index is 4.62. The molecule has 0 bridgehead atoms. The van der Waals surface area contributed by atoms with Gasteiger partial charge in [-0.05, 0) is 25.5 Å². The molecule has 1 heterocycles. The predicted molar refractivity (Wildman–Crippen MR) is 83.8 cm³/mol. The van der Waals surface area contributed by atoms with Crippen LogP contribution in [0.2, 0.25) is 0 Å². The number of benzene rings is 1. The minimum Gasteiger partial charge on any atom is -0.357 e. The Balaban J connectivity index is 2.15. The molecule has 0 spiro atoms. The summed E-state index contributed by atoms with van der Waals surface area (Å²) >= 11 is 0. The van der Waals surface area contributed by atoms with Crippen molar-refractivity contribution in [1.29, 1.82) is 0 Å². The summed E-state index contributed by atoms with van der Waals surface area (Å²) in [6, 6.07) is 8.15. The third-order valence-corrected chi connectivity index (χ3v) is 3.15. The van der Waals surface area contributed by atoms with Gasteiger partial charge in [0.25, 0.3) is 0 Å². The van der Waals surface area contributed by atoms with Crippen LogP contribution in [-0.4, -0.2) is 28.6 Å². The summed E-state index contributed by atoms with van der Waals surface area (Å²) in [4.78, 5) is 9.21. The number of imidazole rings is 1. The standard InChI is InChI=1S/C15H23N5/c1-4-10-17-15(16-5-2)18-11-14-19-12-8-6-7-9-13(12)20(14)3/h6-9H,4-5,10-11H2,1-3H3,(H2,16,17,18). The number of hydrogen-bond acceptors (Lipinski definition) is 2. The molecule has 108 valence electrons. The summed E-state index contributed by atoms with van der Waals surface area (Å²) in [6.07, 6.45) is 1.08. The number of para-hydroxylation sites is 2. The van der Waals surface area contributed by atoms with Crippen LogP contribution in [0.15, 0.2) is 29.3 Å². The summed E-state index contributed by atoms with van der Waals surface area (Å²) in [5, 5.41) is 6.54. The summed E-state index contributed by atoms with van der Waals surface area (Å²) in [5.74, 6) is 1.82. The molecule has 0 unspecified atom stereocenters.